The summed E-state index contributed by atoms with van der Waals surface area (Å²) in [5.41, 5.74) is 0.932. The van der Waals surface area contributed by atoms with E-state index in [9.17, 15) is 14.4 Å². The van der Waals surface area contributed by atoms with Crippen LogP contribution in [-0.2, 0) is 26.3 Å². The van der Waals surface area contributed by atoms with Crippen LogP contribution < -0.4 is 5.32 Å². The second kappa shape index (κ2) is 6.15. The number of carbonyl (C=O) groups is 3. The largest absolute Gasteiger partial charge is 0.378 e. The molecule has 1 aromatic carbocycles. The van der Waals surface area contributed by atoms with E-state index in [-0.39, 0.29) is 18.4 Å². The number of nitrogens with one attached hydrogen (secondary N) is 1. The summed E-state index contributed by atoms with van der Waals surface area (Å²) in [6.07, 6.45) is 2.29. The van der Waals surface area contributed by atoms with E-state index in [4.69, 9.17) is 4.74 Å². The first-order valence-corrected chi connectivity index (χ1v) is 8.70. The zero-order chi connectivity index (χ0) is 17.4. The number of rotatable bonds is 2. The molecule has 1 N–H and O–H groups in total. The molecule has 132 valence electrons. The van der Waals surface area contributed by atoms with Crippen LogP contribution in [0.4, 0.5) is 4.79 Å². The lowest BCUT2D eigenvalue weighted by molar-refractivity contribution is -0.141. The minimum absolute atomic E-state index is 0.214. The highest BCUT2D eigenvalue weighted by atomic mass is 16.5. The minimum atomic E-state index is -1.02. The summed E-state index contributed by atoms with van der Waals surface area (Å²) in [5, 5.41) is 2.88. The van der Waals surface area contributed by atoms with Gasteiger partial charge in [0.15, 0.2) is 0 Å². The van der Waals surface area contributed by atoms with Crippen LogP contribution in [0.25, 0.3) is 0 Å². The first-order valence-electron chi connectivity index (χ1n) is 8.70. The number of ether oxygens (including phenoxy) is 1. The monoisotopic (exact) mass is 343 g/mol. The number of nitrogens with zero attached hydrogens (tertiary/aromatic N) is 2. The third kappa shape index (κ3) is 2.59. The summed E-state index contributed by atoms with van der Waals surface area (Å²) in [4.78, 5) is 40.8. The Morgan fingerprint density at radius 3 is 2.76 bits per heavy atom. The summed E-state index contributed by atoms with van der Waals surface area (Å²) in [5.74, 6) is -0.529. The van der Waals surface area contributed by atoms with Gasteiger partial charge < -0.3 is 15.0 Å². The van der Waals surface area contributed by atoms with Crippen molar-refractivity contribution < 1.29 is 19.1 Å². The predicted molar refractivity (Wildman–Crippen MR) is 88.7 cm³/mol. The second-order valence-corrected chi connectivity index (χ2v) is 6.73. The lowest BCUT2D eigenvalue weighted by atomic mass is 9.76. The summed E-state index contributed by atoms with van der Waals surface area (Å²) >= 11 is 0. The first-order chi connectivity index (χ1) is 12.1. The SMILES string of the molecule is O=C(CN1C(=O)N[C@@]2(CCCc3ccccc32)C1=O)N1CCOCC1. The van der Waals surface area contributed by atoms with Crippen molar-refractivity contribution in [3.05, 3.63) is 35.4 Å². The van der Waals surface area contributed by atoms with E-state index in [2.05, 4.69) is 5.32 Å². The van der Waals surface area contributed by atoms with Gasteiger partial charge in [-0.05, 0) is 30.4 Å². The highest BCUT2D eigenvalue weighted by Crippen LogP contribution is 2.39. The van der Waals surface area contributed by atoms with Gasteiger partial charge in [-0.15, -0.1) is 0 Å². The Hall–Kier alpha value is -2.41. The van der Waals surface area contributed by atoms with Crippen molar-refractivity contribution in [1.82, 2.24) is 15.1 Å². The standard InChI is InChI=1S/C18H21N3O4/c22-15(20-8-10-25-11-9-20)12-21-16(23)18(19-17(21)24)7-3-5-13-4-1-2-6-14(13)18/h1-2,4,6H,3,5,7-12H2,(H,19,24)/t18-/m1/s1. The van der Waals surface area contributed by atoms with E-state index in [0.717, 1.165) is 28.9 Å². The number of aryl methyl sites for hydroxylation is 1. The molecular formula is C18H21N3O4. The first kappa shape index (κ1) is 16.1. The molecule has 4 amide bonds. The van der Waals surface area contributed by atoms with Gasteiger partial charge in [0.1, 0.15) is 12.1 Å². The molecular weight excluding hydrogens is 322 g/mol. The molecule has 25 heavy (non-hydrogen) atoms. The maximum atomic E-state index is 13.1. The number of hydrogen-bond donors (Lipinski definition) is 1. The summed E-state index contributed by atoms with van der Waals surface area (Å²) in [6.45, 7) is 1.76. The van der Waals surface area contributed by atoms with Crippen LogP contribution >= 0.6 is 0 Å². The van der Waals surface area contributed by atoms with E-state index in [1.54, 1.807) is 4.90 Å². The van der Waals surface area contributed by atoms with Crippen molar-refractivity contribution in [2.45, 2.75) is 24.8 Å². The Balaban J connectivity index is 1.58. The smallest absolute Gasteiger partial charge is 0.325 e. The number of morpholine rings is 1. The van der Waals surface area contributed by atoms with Crippen molar-refractivity contribution in [3.8, 4) is 0 Å². The van der Waals surface area contributed by atoms with Crippen LogP contribution in [0, 0.1) is 0 Å². The molecule has 0 saturated carbocycles. The molecule has 0 radical (unpaired) electrons. The van der Waals surface area contributed by atoms with Crippen molar-refractivity contribution >= 4 is 17.8 Å². The number of urea groups is 1. The fraction of sp³-hybridized carbons (Fsp3) is 0.500. The lowest BCUT2D eigenvalue weighted by Crippen LogP contribution is -2.49. The number of hydrogen-bond acceptors (Lipinski definition) is 4. The third-order valence-electron chi connectivity index (χ3n) is 5.31. The Morgan fingerprint density at radius 2 is 1.96 bits per heavy atom. The molecule has 3 aliphatic rings. The van der Waals surface area contributed by atoms with Crippen LogP contribution in [-0.4, -0.2) is 60.5 Å². The van der Waals surface area contributed by atoms with Gasteiger partial charge in [-0.25, -0.2) is 4.79 Å². The van der Waals surface area contributed by atoms with E-state index in [1.807, 2.05) is 24.3 Å². The fourth-order valence-electron chi connectivity index (χ4n) is 4.00. The van der Waals surface area contributed by atoms with Gasteiger partial charge in [-0.1, -0.05) is 24.3 Å². The van der Waals surface area contributed by atoms with E-state index in [1.165, 1.54) is 0 Å². The fourth-order valence-corrected chi connectivity index (χ4v) is 4.00. The Morgan fingerprint density at radius 1 is 1.20 bits per heavy atom. The predicted octanol–water partition coefficient (Wildman–Crippen LogP) is 0.629. The van der Waals surface area contributed by atoms with Gasteiger partial charge in [0, 0.05) is 13.1 Å². The Labute approximate surface area is 145 Å². The van der Waals surface area contributed by atoms with E-state index < -0.39 is 11.6 Å². The molecule has 2 heterocycles. The Bertz CT molecular complexity index is 729. The maximum absolute atomic E-state index is 13.1. The van der Waals surface area contributed by atoms with Crippen molar-refractivity contribution in [2.24, 2.45) is 0 Å². The van der Waals surface area contributed by atoms with Crippen LogP contribution in [0.2, 0.25) is 0 Å². The lowest BCUT2D eigenvalue weighted by Gasteiger charge is -2.33. The number of benzene rings is 1. The Kier molecular flexibility index (Phi) is 3.95. The minimum Gasteiger partial charge on any atom is -0.378 e. The number of amides is 4. The molecule has 1 spiro atoms. The molecule has 1 atom stereocenters. The molecule has 2 saturated heterocycles. The van der Waals surface area contributed by atoms with Gasteiger partial charge >= 0.3 is 6.03 Å². The van der Waals surface area contributed by atoms with Crippen molar-refractivity contribution in [3.63, 3.8) is 0 Å². The normalized spacial score (nSPS) is 25.9. The van der Waals surface area contributed by atoms with Gasteiger partial charge in [-0.3, -0.25) is 14.5 Å². The number of fused-ring (bicyclic) bond motifs is 2. The summed E-state index contributed by atoms with van der Waals surface area (Å²) in [7, 11) is 0. The highest BCUT2D eigenvalue weighted by molar-refractivity contribution is 6.09. The highest BCUT2D eigenvalue weighted by Gasteiger charge is 2.54. The molecule has 0 bridgehead atoms. The molecule has 7 heteroatoms. The number of imide groups is 1. The summed E-state index contributed by atoms with van der Waals surface area (Å²) < 4.78 is 5.24. The second-order valence-electron chi connectivity index (χ2n) is 6.73. The average Bonchev–Trinajstić information content (AvgIpc) is 2.88. The number of carbonyl (C=O) groups excluding carboxylic acids is 3. The molecule has 4 rings (SSSR count). The van der Waals surface area contributed by atoms with Crippen LogP contribution in [0.1, 0.15) is 24.0 Å². The molecule has 2 fully saturated rings. The quantitative estimate of drug-likeness (QED) is 0.799. The zero-order valence-corrected chi connectivity index (χ0v) is 14.0. The van der Waals surface area contributed by atoms with Crippen LogP contribution in [0.3, 0.4) is 0 Å². The van der Waals surface area contributed by atoms with Crippen molar-refractivity contribution in [1.29, 1.82) is 0 Å². The topological polar surface area (TPSA) is 79.0 Å². The zero-order valence-electron chi connectivity index (χ0n) is 14.0. The van der Waals surface area contributed by atoms with Crippen molar-refractivity contribution in [2.75, 3.05) is 32.8 Å². The summed E-state index contributed by atoms with van der Waals surface area (Å²) in [6, 6.07) is 7.24. The molecule has 1 aromatic rings. The molecule has 0 aromatic heterocycles. The van der Waals surface area contributed by atoms with E-state index in [0.29, 0.717) is 32.7 Å². The average molecular weight is 343 g/mol. The molecule has 2 aliphatic heterocycles. The maximum Gasteiger partial charge on any atom is 0.325 e. The van der Waals surface area contributed by atoms with Gasteiger partial charge in [0.25, 0.3) is 5.91 Å². The molecule has 0 unspecified atom stereocenters. The van der Waals surface area contributed by atoms with Gasteiger partial charge in [-0.2, -0.15) is 0 Å². The van der Waals surface area contributed by atoms with Gasteiger partial charge in [0.2, 0.25) is 5.91 Å². The van der Waals surface area contributed by atoms with Crippen LogP contribution in [0.15, 0.2) is 24.3 Å². The van der Waals surface area contributed by atoms with E-state index >= 15 is 0 Å². The van der Waals surface area contributed by atoms with Gasteiger partial charge in [0.05, 0.1) is 13.2 Å². The van der Waals surface area contributed by atoms with Crippen LogP contribution in [0.5, 0.6) is 0 Å². The molecule has 1 aliphatic carbocycles. The third-order valence-corrected chi connectivity index (χ3v) is 5.31. The molecule has 7 nitrogen and oxygen atoms in total.